The molecule has 0 aliphatic heterocycles. The molecule has 0 atom stereocenters. The van der Waals surface area contributed by atoms with Crippen molar-refractivity contribution in [1.82, 2.24) is 4.98 Å². The number of nitro groups is 1. The van der Waals surface area contributed by atoms with E-state index < -0.39 is 45.8 Å². The van der Waals surface area contributed by atoms with Gasteiger partial charge in [0.25, 0.3) is 11.7 Å². The minimum absolute atomic E-state index is 0.144. The SMILES string of the molecule is O=C(Cl)c1cc([N+](=O)[O-])c(OC(F)(F)F)nc1C(F)F. The fourth-order valence-corrected chi connectivity index (χ4v) is 1.29. The van der Waals surface area contributed by atoms with Crippen LogP contribution in [0, 0.1) is 10.1 Å². The molecule has 0 spiro atoms. The Bertz CT molecular complexity index is 563. The summed E-state index contributed by atoms with van der Waals surface area (Å²) < 4.78 is 64.3. The molecule has 0 aromatic carbocycles. The lowest BCUT2D eigenvalue weighted by atomic mass is 10.2. The predicted molar refractivity (Wildman–Crippen MR) is 52.7 cm³/mol. The minimum Gasteiger partial charge on any atom is -0.381 e. The summed E-state index contributed by atoms with van der Waals surface area (Å²) in [5.74, 6) is -1.71. The van der Waals surface area contributed by atoms with Crippen LogP contribution in [0.15, 0.2) is 6.07 Å². The third-order valence-corrected chi connectivity index (χ3v) is 2.03. The maximum Gasteiger partial charge on any atom is 0.574 e. The Balaban J connectivity index is 3.53. The molecule has 0 bridgehead atoms. The van der Waals surface area contributed by atoms with Crippen molar-refractivity contribution in [3.63, 3.8) is 0 Å². The average molecular weight is 321 g/mol. The molecule has 1 aromatic heterocycles. The van der Waals surface area contributed by atoms with E-state index in [1.165, 1.54) is 0 Å². The van der Waals surface area contributed by atoms with Gasteiger partial charge in [0.1, 0.15) is 5.69 Å². The minimum atomic E-state index is -5.39. The zero-order chi connectivity index (χ0) is 15.7. The van der Waals surface area contributed by atoms with E-state index in [4.69, 9.17) is 11.6 Å². The van der Waals surface area contributed by atoms with Crippen LogP contribution in [0.1, 0.15) is 22.5 Å². The van der Waals surface area contributed by atoms with Gasteiger partial charge in [-0.25, -0.2) is 13.8 Å². The first kappa shape index (κ1) is 16.0. The quantitative estimate of drug-likeness (QED) is 0.368. The van der Waals surface area contributed by atoms with Gasteiger partial charge in [0, 0.05) is 6.07 Å². The van der Waals surface area contributed by atoms with E-state index in [1.807, 2.05) is 0 Å². The third kappa shape index (κ3) is 3.73. The summed E-state index contributed by atoms with van der Waals surface area (Å²) in [6.45, 7) is 0. The molecule has 110 valence electrons. The van der Waals surface area contributed by atoms with Gasteiger partial charge < -0.3 is 4.74 Å². The number of aromatic nitrogens is 1. The molecule has 6 nitrogen and oxygen atoms in total. The Kier molecular flexibility index (Phi) is 4.43. The van der Waals surface area contributed by atoms with Gasteiger partial charge in [-0.2, -0.15) is 0 Å². The predicted octanol–water partition coefficient (Wildman–Crippen LogP) is 3.21. The summed E-state index contributed by atoms with van der Waals surface area (Å²) in [5, 5.41) is 9.01. The highest BCUT2D eigenvalue weighted by Crippen LogP contribution is 2.35. The van der Waals surface area contributed by atoms with E-state index >= 15 is 0 Å². The lowest BCUT2D eigenvalue weighted by Gasteiger charge is -2.11. The molecule has 1 heterocycles. The zero-order valence-electron chi connectivity index (χ0n) is 8.95. The largest absolute Gasteiger partial charge is 0.574 e. The molecular formula is C8H2ClF5N2O4. The van der Waals surface area contributed by atoms with E-state index in [0.29, 0.717) is 0 Å². The summed E-state index contributed by atoms with van der Waals surface area (Å²) in [5.41, 5.74) is -3.95. The van der Waals surface area contributed by atoms with Gasteiger partial charge in [-0.15, -0.1) is 13.2 Å². The van der Waals surface area contributed by atoms with Crippen LogP contribution in [0.25, 0.3) is 0 Å². The molecule has 0 saturated heterocycles. The average Bonchev–Trinajstić information content (AvgIpc) is 2.25. The number of rotatable bonds is 4. The summed E-state index contributed by atoms with van der Waals surface area (Å²) in [7, 11) is 0. The number of ether oxygens (including phenoxy) is 1. The van der Waals surface area contributed by atoms with E-state index in [-0.39, 0.29) is 6.07 Å². The lowest BCUT2D eigenvalue weighted by molar-refractivity contribution is -0.389. The standard InChI is InChI=1S/C8H2ClF5N2O4/c9-5(17)2-1-3(16(18)19)7(20-8(12,13)14)15-4(2)6(10)11/h1,6H. The topological polar surface area (TPSA) is 82.3 Å². The molecule has 0 N–H and O–H groups in total. The van der Waals surface area contributed by atoms with Crippen molar-refractivity contribution in [2.24, 2.45) is 0 Å². The molecule has 12 heteroatoms. The van der Waals surface area contributed by atoms with Crippen molar-refractivity contribution in [2.45, 2.75) is 12.8 Å². The Labute approximate surface area is 111 Å². The number of hydrogen-bond donors (Lipinski definition) is 0. The first-order valence-corrected chi connectivity index (χ1v) is 4.83. The second-order valence-electron chi connectivity index (χ2n) is 3.12. The molecular weight excluding hydrogens is 319 g/mol. The first-order chi connectivity index (χ1) is 9.03. The summed E-state index contributed by atoms with van der Waals surface area (Å²) in [6, 6.07) is 0.144. The maximum atomic E-state index is 12.6. The van der Waals surface area contributed by atoms with Gasteiger partial charge in [-0.1, -0.05) is 0 Å². The molecule has 0 unspecified atom stereocenters. The molecule has 0 aliphatic rings. The second kappa shape index (κ2) is 5.53. The molecule has 1 aromatic rings. The van der Waals surface area contributed by atoms with Crippen LogP contribution in [-0.2, 0) is 0 Å². The number of alkyl halides is 5. The van der Waals surface area contributed by atoms with Crippen molar-refractivity contribution in [2.75, 3.05) is 0 Å². The Morgan fingerprint density at radius 3 is 2.35 bits per heavy atom. The molecule has 20 heavy (non-hydrogen) atoms. The second-order valence-corrected chi connectivity index (χ2v) is 3.47. The van der Waals surface area contributed by atoms with E-state index in [2.05, 4.69) is 9.72 Å². The van der Waals surface area contributed by atoms with Crippen molar-refractivity contribution in [3.8, 4) is 5.88 Å². The van der Waals surface area contributed by atoms with Crippen LogP contribution in [0.4, 0.5) is 27.6 Å². The number of carbonyl (C=O) groups is 1. The van der Waals surface area contributed by atoms with Gasteiger partial charge >= 0.3 is 17.9 Å². The number of halogens is 6. The molecule has 0 radical (unpaired) electrons. The Morgan fingerprint density at radius 1 is 1.45 bits per heavy atom. The van der Waals surface area contributed by atoms with Crippen molar-refractivity contribution >= 4 is 22.5 Å². The van der Waals surface area contributed by atoms with Gasteiger partial charge in [-0.05, 0) is 11.6 Å². The fourth-order valence-electron chi connectivity index (χ4n) is 1.14. The van der Waals surface area contributed by atoms with Crippen molar-refractivity contribution in [3.05, 3.63) is 27.4 Å². The van der Waals surface area contributed by atoms with E-state index in [9.17, 15) is 36.9 Å². The summed E-state index contributed by atoms with van der Waals surface area (Å²) in [4.78, 5) is 22.7. The van der Waals surface area contributed by atoms with Crippen LogP contribution in [0.2, 0.25) is 0 Å². The highest BCUT2D eigenvalue weighted by molar-refractivity contribution is 6.67. The fraction of sp³-hybridized carbons (Fsp3) is 0.250. The molecule has 1 rings (SSSR count). The number of nitrogens with zero attached hydrogens (tertiary/aromatic N) is 2. The normalized spacial score (nSPS) is 11.6. The van der Waals surface area contributed by atoms with E-state index in [0.717, 1.165) is 0 Å². The number of carbonyl (C=O) groups excluding carboxylic acids is 1. The lowest BCUT2D eigenvalue weighted by Crippen LogP contribution is -2.20. The van der Waals surface area contributed by atoms with Crippen molar-refractivity contribution in [1.29, 1.82) is 0 Å². The molecule has 0 fully saturated rings. The monoisotopic (exact) mass is 320 g/mol. The first-order valence-electron chi connectivity index (χ1n) is 4.46. The van der Waals surface area contributed by atoms with Gasteiger partial charge in [-0.3, -0.25) is 14.9 Å². The summed E-state index contributed by atoms with van der Waals surface area (Å²) >= 11 is 4.92. The molecule has 0 aliphatic carbocycles. The van der Waals surface area contributed by atoms with E-state index in [1.54, 1.807) is 0 Å². The molecule has 0 saturated carbocycles. The molecule has 0 amide bonds. The zero-order valence-corrected chi connectivity index (χ0v) is 9.71. The van der Waals surface area contributed by atoms with Gasteiger partial charge in [0.2, 0.25) is 0 Å². The van der Waals surface area contributed by atoms with Crippen LogP contribution in [0.3, 0.4) is 0 Å². The van der Waals surface area contributed by atoms with Crippen LogP contribution in [0.5, 0.6) is 5.88 Å². The van der Waals surface area contributed by atoms with Crippen LogP contribution < -0.4 is 4.74 Å². The van der Waals surface area contributed by atoms with Gasteiger partial charge in [0.15, 0.2) is 0 Å². The van der Waals surface area contributed by atoms with Crippen LogP contribution >= 0.6 is 11.6 Å². The maximum absolute atomic E-state index is 12.6. The Morgan fingerprint density at radius 2 is 2.00 bits per heavy atom. The number of pyridine rings is 1. The highest BCUT2D eigenvalue weighted by Gasteiger charge is 2.37. The van der Waals surface area contributed by atoms with Crippen LogP contribution in [-0.4, -0.2) is 21.5 Å². The third-order valence-electron chi connectivity index (χ3n) is 1.83. The number of hydrogen-bond acceptors (Lipinski definition) is 5. The summed E-state index contributed by atoms with van der Waals surface area (Å²) in [6.07, 6.45) is -8.87. The highest BCUT2D eigenvalue weighted by atomic mass is 35.5. The van der Waals surface area contributed by atoms with Crippen molar-refractivity contribution < 1.29 is 36.4 Å². The smallest absolute Gasteiger partial charge is 0.381 e. The van der Waals surface area contributed by atoms with Gasteiger partial charge in [0.05, 0.1) is 10.5 Å². The Hall–Kier alpha value is -2.04.